The van der Waals surface area contributed by atoms with Crippen LogP contribution in [0.15, 0.2) is 18.2 Å². The minimum Gasteiger partial charge on any atom is -0.491 e. The molecule has 1 rings (SSSR count). The zero-order valence-corrected chi connectivity index (χ0v) is 9.80. The Hall–Kier alpha value is -1.23. The van der Waals surface area contributed by atoms with Crippen LogP contribution in [-0.2, 0) is 4.74 Å². The number of hydrogen-bond acceptors (Lipinski definition) is 2. The Balaban J connectivity index is 2.27. The van der Waals surface area contributed by atoms with Crippen molar-refractivity contribution in [1.29, 1.82) is 0 Å². The molecule has 5 heteroatoms. The minimum atomic E-state index is -4.28. The quantitative estimate of drug-likeness (QED) is 0.744. The number of rotatable bonds is 5. The van der Waals surface area contributed by atoms with E-state index in [1.54, 1.807) is 0 Å². The maximum absolute atomic E-state index is 11.7. The van der Waals surface area contributed by atoms with E-state index in [2.05, 4.69) is 4.74 Å². The normalized spacial score (nSPS) is 11.6. The van der Waals surface area contributed by atoms with Gasteiger partial charge in [-0.05, 0) is 37.1 Å². The van der Waals surface area contributed by atoms with E-state index in [0.29, 0.717) is 5.75 Å². The van der Waals surface area contributed by atoms with Crippen LogP contribution in [0.2, 0.25) is 0 Å². The van der Waals surface area contributed by atoms with Crippen molar-refractivity contribution < 1.29 is 22.6 Å². The van der Waals surface area contributed by atoms with Gasteiger partial charge in [0.25, 0.3) is 0 Å². The Morgan fingerprint density at radius 2 is 1.59 bits per heavy atom. The summed E-state index contributed by atoms with van der Waals surface area (Å²) in [5.41, 5.74) is 2.10. The molecule has 0 aliphatic heterocycles. The summed E-state index contributed by atoms with van der Waals surface area (Å²) in [6, 6.07) is 5.65. The number of benzene rings is 1. The van der Waals surface area contributed by atoms with Gasteiger partial charge in [0.1, 0.15) is 19.0 Å². The molecular formula is C12H15F3O2. The minimum absolute atomic E-state index is 0.0769. The highest BCUT2D eigenvalue weighted by molar-refractivity contribution is 5.32. The first kappa shape index (κ1) is 13.8. The van der Waals surface area contributed by atoms with Crippen LogP contribution in [0.1, 0.15) is 11.1 Å². The predicted octanol–water partition coefficient (Wildman–Crippen LogP) is 3.26. The van der Waals surface area contributed by atoms with Crippen LogP contribution >= 0.6 is 0 Å². The van der Waals surface area contributed by atoms with Gasteiger partial charge in [-0.25, -0.2) is 0 Å². The van der Waals surface area contributed by atoms with Crippen molar-refractivity contribution in [1.82, 2.24) is 0 Å². The van der Waals surface area contributed by atoms with E-state index in [-0.39, 0.29) is 13.2 Å². The maximum atomic E-state index is 11.7. The predicted molar refractivity (Wildman–Crippen MR) is 58.3 cm³/mol. The second kappa shape index (κ2) is 5.91. The number of hydrogen-bond donors (Lipinski definition) is 0. The Bertz CT molecular complexity index is 341. The van der Waals surface area contributed by atoms with Crippen molar-refractivity contribution in [2.75, 3.05) is 19.8 Å². The van der Waals surface area contributed by atoms with Crippen LogP contribution in [-0.4, -0.2) is 26.0 Å². The number of alkyl halides is 3. The average Bonchev–Trinajstić information content (AvgIpc) is 2.13. The fraction of sp³-hybridized carbons (Fsp3) is 0.500. The van der Waals surface area contributed by atoms with Gasteiger partial charge < -0.3 is 9.47 Å². The second-order valence-corrected chi connectivity index (χ2v) is 3.84. The highest BCUT2D eigenvalue weighted by Gasteiger charge is 2.27. The van der Waals surface area contributed by atoms with Crippen molar-refractivity contribution in [3.05, 3.63) is 29.3 Å². The monoisotopic (exact) mass is 248 g/mol. The molecule has 0 heterocycles. The first-order valence-corrected chi connectivity index (χ1v) is 5.22. The zero-order chi connectivity index (χ0) is 12.9. The summed E-state index contributed by atoms with van der Waals surface area (Å²) in [6.07, 6.45) is -4.28. The van der Waals surface area contributed by atoms with Gasteiger partial charge >= 0.3 is 6.18 Å². The molecular weight excluding hydrogens is 233 g/mol. The lowest BCUT2D eigenvalue weighted by atomic mass is 10.1. The molecule has 0 radical (unpaired) electrons. The summed E-state index contributed by atoms with van der Waals surface area (Å²) in [4.78, 5) is 0. The van der Waals surface area contributed by atoms with Gasteiger partial charge in [-0.15, -0.1) is 0 Å². The molecule has 0 fully saturated rings. The van der Waals surface area contributed by atoms with Gasteiger partial charge in [-0.1, -0.05) is 6.07 Å². The van der Waals surface area contributed by atoms with E-state index < -0.39 is 12.8 Å². The van der Waals surface area contributed by atoms with E-state index >= 15 is 0 Å². The average molecular weight is 248 g/mol. The molecule has 2 nitrogen and oxygen atoms in total. The molecule has 17 heavy (non-hydrogen) atoms. The van der Waals surface area contributed by atoms with E-state index in [9.17, 15) is 13.2 Å². The number of halogens is 3. The van der Waals surface area contributed by atoms with Crippen molar-refractivity contribution in [3.63, 3.8) is 0 Å². The van der Waals surface area contributed by atoms with Crippen molar-refractivity contribution in [3.8, 4) is 5.75 Å². The van der Waals surface area contributed by atoms with Gasteiger partial charge in [-0.2, -0.15) is 13.2 Å². The first-order valence-electron chi connectivity index (χ1n) is 5.22. The molecule has 0 aliphatic carbocycles. The number of ether oxygens (including phenoxy) is 2. The van der Waals surface area contributed by atoms with Crippen LogP contribution in [0.25, 0.3) is 0 Å². The second-order valence-electron chi connectivity index (χ2n) is 3.84. The Morgan fingerprint density at radius 3 is 2.12 bits per heavy atom. The Kier molecular flexibility index (Phi) is 4.81. The highest BCUT2D eigenvalue weighted by atomic mass is 19.4. The lowest BCUT2D eigenvalue weighted by Crippen LogP contribution is -2.19. The molecule has 0 aliphatic rings. The van der Waals surface area contributed by atoms with E-state index in [0.717, 1.165) is 11.1 Å². The summed E-state index contributed by atoms with van der Waals surface area (Å²) in [7, 11) is 0. The molecule has 1 aromatic carbocycles. The summed E-state index contributed by atoms with van der Waals surface area (Å²) >= 11 is 0. The number of aryl methyl sites for hydroxylation is 2. The smallest absolute Gasteiger partial charge is 0.411 e. The molecule has 96 valence electrons. The molecule has 0 amide bonds. The van der Waals surface area contributed by atoms with Crippen molar-refractivity contribution in [2.45, 2.75) is 20.0 Å². The molecule has 0 spiro atoms. The molecule has 0 unspecified atom stereocenters. The fourth-order valence-corrected chi connectivity index (χ4v) is 1.42. The van der Waals surface area contributed by atoms with Crippen LogP contribution in [0, 0.1) is 13.8 Å². The highest BCUT2D eigenvalue weighted by Crippen LogP contribution is 2.16. The van der Waals surface area contributed by atoms with Crippen molar-refractivity contribution in [2.24, 2.45) is 0 Å². The molecule has 0 bridgehead atoms. The summed E-state index contributed by atoms with van der Waals surface area (Å²) in [5.74, 6) is 0.651. The standard InChI is InChI=1S/C12H15F3O2/c1-9-5-10(2)7-11(6-9)17-4-3-16-8-12(13,14)15/h5-7H,3-4,8H2,1-2H3. The van der Waals surface area contributed by atoms with Gasteiger partial charge in [0.2, 0.25) is 0 Å². The van der Waals surface area contributed by atoms with Gasteiger partial charge in [-0.3, -0.25) is 0 Å². The van der Waals surface area contributed by atoms with Crippen LogP contribution < -0.4 is 4.74 Å². The summed E-state index contributed by atoms with van der Waals surface area (Å²) in [6.45, 7) is 2.66. The third-order valence-electron chi connectivity index (χ3n) is 1.96. The first-order chi connectivity index (χ1) is 7.87. The molecule has 1 aromatic rings. The SMILES string of the molecule is Cc1cc(C)cc(OCCOCC(F)(F)F)c1. The van der Waals surface area contributed by atoms with Crippen LogP contribution in [0.4, 0.5) is 13.2 Å². The largest absolute Gasteiger partial charge is 0.491 e. The fourth-order valence-electron chi connectivity index (χ4n) is 1.42. The molecule has 0 saturated carbocycles. The maximum Gasteiger partial charge on any atom is 0.411 e. The molecule has 0 atom stereocenters. The summed E-state index contributed by atoms with van der Waals surface area (Å²) < 4.78 is 45.0. The van der Waals surface area contributed by atoms with Gasteiger partial charge in [0, 0.05) is 0 Å². The van der Waals surface area contributed by atoms with Gasteiger partial charge in [0.05, 0.1) is 6.61 Å². The summed E-state index contributed by atoms with van der Waals surface area (Å²) in [5, 5.41) is 0. The zero-order valence-electron chi connectivity index (χ0n) is 9.80. The molecule has 0 saturated heterocycles. The van der Waals surface area contributed by atoms with E-state index in [1.807, 2.05) is 32.0 Å². The third-order valence-corrected chi connectivity index (χ3v) is 1.96. The topological polar surface area (TPSA) is 18.5 Å². The van der Waals surface area contributed by atoms with Crippen LogP contribution in [0.3, 0.4) is 0 Å². The third kappa shape index (κ3) is 6.16. The van der Waals surface area contributed by atoms with Crippen molar-refractivity contribution >= 4 is 0 Å². The Morgan fingerprint density at radius 1 is 1.00 bits per heavy atom. The van der Waals surface area contributed by atoms with Gasteiger partial charge in [0.15, 0.2) is 0 Å². The lowest BCUT2D eigenvalue weighted by molar-refractivity contribution is -0.175. The van der Waals surface area contributed by atoms with Crippen LogP contribution in [0.5, 0.6) is 5.75 Å². The van der Waals surface area contributed by atoms with E-state index in [1.165, 1.54) is 0 Å². The molecule has 0 aromatic heterocycles. The Labute approximate surface area is 98.3 Å². The molecule has 0 N–H and O–H groups in total. The van der Waals surface area contributed by atoms with E-state index in [4.69, 9.17) is 4.74 Å². The lowest BCUT2D eigenvalue weighted by Gasteiger charge is -2.10.